The number of rotatable bonds is 5. The zero-order chi connectivity index (χ0) is 12.8. The molecule has 0 atom stereocenters. The SMILES string of the molecule is [O-]B([O-])Oc1ccc(OCc2ccccc2)cc1. The summed E-state index contributed by atoms with van der Waals surface area (Å²) in [5, 5.41) is 20.6. The van der Waals surface area contributed by atoms with E-state index < -0.39 is 7.32 Å². The third-order valence-corrected chi connectivity index (χ3v) is 2.30. The third-order valence-electron chi connectivity index (χ3n) is 2.30. The van der Waals surface area contributed by atoms with Crippen molar-refractivity contribution in [2.75, 3.05) is 0 Å². The summed E-state index contributed by atoms with van der Waals surface area (Å²) in [6, 6.07) is 16.1. The Morgan fingerprint density at radius 3 is 2.06 bits per heavy atom. The van der Waals surface area contributed by atoms with E-state index in [1.807, 2.05) is 30.3 Å². The first-order valence-corrected chi connectivity index (χ1v) is 5.49. The second-order valence-corrected chi connectivity index (χ2v) is 3.65. The maximum absolute atomic E-state index is 10.3. The van der Waals surface area contributed by atoms with E-state index in [2.05, 4.69) is 4.65 Å². The van der Waals surface area contributed by atoms with Crippen LogP contribution in [-0.4, -0.2) is 7.32 Å². The molecule has 0 heterocycles. The molecule has 2 aromatic rings. The summed E-state index contributed by atoms with van der Waals surface area (Å²) in [5.41, 5.74) is 1.07. The zero-order valence-electron chi connectivity index (χ0n) is 9.61. The van der Waals surface area contributed by atoms with E-state index in [1.54, 1.807) is 12.1 Å². The predicted octanol–water partition coefficient (Wildman–Crippen LogP) is 0.350. The summed E-state index contributed by atoms with van der Waals surface area (Å²) >= 11 is 0. The smallest absolute Gasteiger partial charge is 0.133 e. The van der Waals surface area contributed by atoms with Crippen LogP contribution in [0.5, 0.6) is 11.5 Å². The Hall–Kier alpha value is -1.98. The van der Waals surface area contributed by atoms with Crippen LogP contribution in [0.25, 0.3) is 0 Å². The lowest BCUT2D eigenvalue weighted by molar-refractivity contribution is -0.372. The van der Waals surface area contributed by atoms with E-state index in [1.165, 1.54) is 12.1 Å². The van der Waals surface area contributed by atoms with Crippen molar-refractivity contribution in [2.24, 2.45) is 0 Å². The van der Waals surface area contributed by atoms with Gasteiger partial charge in [0, 0.05) is 0 Å². The van der Waals surface area contributed by atoms with Gasteiger partial charge in [0.15, 0.2) is 0 Å². The molecule has 0 aliphatic heterocycles. The Balaban J connectivity index is 1.90. The fraction of sp³-hybridized carbons (Fsp3) is 0.0769. The van der Waals surface area contributed by atoms with Gasteiger partial charge in [-0.2, -0.15) is 0 Å². The van der Waals surface area contributed by atoms with Crippen LogP contribution in [0.3, 0.4) is 0 Å². The van der Waals surface area contributed by atoms with E-state index in [0.29, 0.717) is 12.4 Å². The molecule has 2 rings (SSSR count). The van der Waals surface area contributed by atoms with Crippen LogP contribution >= 0.6 is 0 Å². The maximum atomic E-state index is 10.3. The first-order chi connectivity index (χ1) is 8.74. The van der Waals surface area contributed by atoms with Crippen molar-refractivity contribution in [3.05, 3.63) is 60.2 Å². The van der Waals surface area contributed by atoms with Gasteiger partial charge in [0.2, 0.25) is 0 Å². The molecule has 0 radical (unpaired) electrons. The molecule has 2 aromatic carbocycles. The summed E-state index contributed by atoms with van der Waals surface area (Å²) in [5.74, 6) is 0.900. The Kier molecular flexibility index (Phi) is 4.22. The fourth-order valence-electron chi connectivity index (χ4n) is 1.47. The molecule has 0 N–H and O–H groups in total. The van der Waals surface area contributed by atoms with Gasteiger partial charge < -0.3 is 19.4 Å². The highest BCUT2D eigenvalue weighted by Gasteiger charge is 1.96. The maximum Gasteiger partial charge on any atom is 0.133 e. The van der Waals surface area contributed by atoms with Gasteiger partial charge in [-0.05, 0) is 29.8 Å². The van der Waals surface area contributed by atoms with Crippen molar-refractivity contribution in [3.8, 4) is 11.5 Å². The number of benzene rings is 2. The van der Waals surface area contributed by atoms with Crippen LogP contribution < -0.4 is 19.4 Å². The molecule has 0 fully saturated rings. The average Bonchev–Trinajstić information content (AvgIpc) is 2.38. The highest BCUT2D eigenvalue weighted by atomic mass is 16.6. The number of hydrogen-bond donors (Lipinski definition) is 0. The van der Waals surface area contributed by atoms with Crippen molar-refractivity contribution >= 4 is 7.32 Å². The second kappa shape index (κ2) is 6.09. The Labute approximate surface area is 106 Å². The van der Waals surface area contributed by atoms with E-state index in [-0.39, 0.29) is 5.75 Å². The minimum atomic E-state index is -2.30. The highest BCUT2D eigenvalue weighted by Crippen LogP contribution is 2.18. The quantitative estimate of drug-likeness (QED) is 0.709. The molecule has 0 bridgehead atoms. The lowest BCUT2D eigenvalue weighted by atomic mass is 10.2. The zero-order valence-corrected chi connectivity index (χ0v) is 9.61. The van der Waals surface area contributed by atoms with Crippen LogP contribution in [0.4, 0.5) is 0 Å². The lowest BCUT2D eigenvalue weighted by Crippen LogP contribution is -2.50. The van der Waals surface area contributed by atoms with Gasteiger partial charge in [-0.1, -0.05) is 30.3 Å². The number of ether oxygens (including phenoxy) is 1. The molecule has 0 spiro atoms. The summed E-state index contributed by atoms with van der Waals surface area (Å²) in [4.78, 5) is 0. The normalized spacial score (nSPS) is 9.89. The topological polar surface area (TPSA) is 64.6 Å². The minimum absolute atomic E-state index is 0.247. The van der Waals surface area contributed by atoms with E-state index in [0.717, 1.165) is 5.56 Å². The van der Waals surface area contributed by atoms with E-state index in [4.69, 9.17) is 4.74 Å². The van der Waals surface area contributed by atoms with Crippen molar-refractivity contribution in [2.45, 2.75) is 6.61 Å². The summed E-state index contributed by atoms with van der Waals surface area (Å²) < 4.78 is 10.0. The fourth-order valence-corrected chi connectivity index (χ4v) is 1.47. The molecule has 4 nitrogen and oxygen atoms in total. The molecule has 0 amide bonds. The molecular formula is C13H11BO4-2. The lowest BCUT2D eigenvalue weighted by Gasteiger charge is -2.26. The summed E-state index contributed by atoms with van der Waals surface area (Å²) in [7, 11) is -2.30. The Morgan fingerprint density at radius 2 is 1.44 bits per heavy atom. The molecule has 0 aliphatic carbocycles. The van der Waals surface area contributed by atoms with Gasteiger partial charge in [0.1, 0.15) is 19.7 Å². The van der Waals surface area contributed by atoms with Gasteiger partial charge in [0.25, 0.3) is 0 Å². The Morgan fingerprint density at radius 1 is 0.833 bits per heavy atom. The molecular weight excluding hydrogens is 231 g/mol. The van der Waals surface area contributed by atoms with Gasteiger partial charge in [-0.3, -0.25) is 0 Å². The first-order valence-electron chi connectivity index (χ1n) is 5.49. The average molecular weight is 242 g/mol. The third kappa shape index (κ3) is 3.80. The van der Waals surface area contributed by atoms with Crippen LogP contribution in [0.1, 0.15) is 5.56 Å². The van der Waals surface area contributed by atoms with Crippen molar-refractivity contribution in [1.82, 2.24) is 0 Å². The minimum Gasteiger partial charge on any atom is -0.860 e. The standard InChI is InChI=1S/C13H11BO4/c15-14(16)18-13-8-6-12(7-9-13)17-10-11-4-2-1-3-5-11/h1-9H,10H2/q-2. The monoisotopic (exact) mass is 242 g/mol. The molecule has 0 saturated heterocycles. The largest absolute Gasteiger partial charge is 0.860 e. The summed E-state index contributed by atoms with van der Waals surface area (Å²) in [6.07, 6.45) is 0. The molecule has 18 heavy (non-hydrogen) atoms. The molecule has 5 heteroatoms. The van der Waals surface area contributed by atoms with Gasteiger partial charge in [-0.25, -0.2) is 0 Å². The summed E-state index contributed by atoms with van der Waals surface area (Å²) in [6.45, 7) is 0.465. The first kappa shape index (κ1) is 12.5. The van der Waals surface area contributed by atoms with Gasteiger partial charge in [-0.15, -0.1) is 0 Å². The highest BCUT2D eigenvalue weighted by molar-refractivity contribution is 6.29. The van der Waals surface area contributed by atoms with E-state index >= 15 is 0 Å². The molecule has 92 valence electrons. The Bertz CT molecular complexity index is 470. The predicted molar refractivity (Wildman–Crippen MR) is 63.6 cm³/mol. The number of hydrogen-bond acceptors (Lipinski definition) is 4. The molecule has 0 aromatic heterocycles. The van der Waals surface area contributed by atoms with E-state index in [9.17, 15) is 10.0 Å². The second-order valence-electron chi connectivity index (χ2n) is 3.65. The van der Waals surface area contributed by atoms with Crippen molar-refractivity contribution in [3.63, 3.8) is 0 Å². The van der Waals surface area contributed by atoms with Gasteiger partial charge >= 0.3 is 0 Å². The van der Waals surface area contributed by atoms with Crippen LogP contribution in [-0.2, 0) is 6.61 Å². The molecule has 0 unspecified atom stereocenters. The van der Waals surface area contributed by atoms with Crippen LogP contribution in [0.15, 0.2) is 54.6 Å². The van der Waals surface area contributed by atoms with Crippen molar-refractivity contribution < 1.29 is 19.4 Å². The molecule has 0 aliphatic rings. The van der Waals surface area contributed by atoms with Gasteiger partial charge in [0.05, 0.1) is 5.75 Å². The van der Waals surface area contributed by atoms with Crippen LogP contribution in [0.2, 0.25) is 0 Å². The van der Waals surface area contributed by atoms with Crippen LogP contribution in [0, 0.1) is 0 Å². The molecule has 0 saturated carbocycles. The van der Waals surface area contributed by atoms with Crippen molar-refractivity contribution in [1.29, 1.82) is 0 Å².